The molecule has 0 N–H and O–H groups in total. The average Bonchev–Trinajstić information content (AvgIpc) is 2.69. The van der Waals surface area contributed by atoms with Gasteiger partial charge in [0.15, 0.2) is 0 Å². The van der Waals surface area contributed by atoms with Gasteiger partial charge in [-0.15, -0.1) is 0 Å². The molecule has 0 atom stereocenters. The van der Waals surface area contributed by atoms with E-state index in [-0.39, 0.29) is 29.5 Å². The van der Waals surface area contributed by atoms with Gasteiger partial charge in [0.05, 0.1) is 22.5 Å². The van der Waals surface area contributed by atoms with Crippen molar-refractivity contribution in [3.8, 4) is 0 Å². The maximum atomic E-state index is 12.3. The van der Waals surface area contributed by atoms with Gasteiger partial charge in [-0.1, -0.05) is 6.92 Å². The first-order chi connectivity index (χ1) is 10.9. The van der Waals surface area contributed by atoms with Crippen molar-refractivity contribution in [2.45, 2.75) is 19.8 Å². The summed E-state index contributed by atoms with van der Waals surface area (Å²) >= 11 is 0. The summed E-state index contributed by atoms with van der Waals surface area (Å²) in [5.41, 5.74) is -0.447. The fourth-order valence-corrected chi connectivity index (χ4v) is 2.67. The van der Waals surface area contributed by atoms with E-state index in [4.69, 9.17) is 0 Å². The fraction of sp³-hybridized carbons (Fsp3) is 0.500. The number of nitro groups is 2. The number of carbonyl (C=O) groups excluding carboxylic acids is 1. The van der Waals surface area contributed by atoms with Crippen LogP contribution in [0.5, 0.6) is 0 Å². The van der Waals surface area contributed by atoms with Crippen LogP contribution in [0, 0.1) is 20.2 Å². The monoisotopic (exact) mass is 322 g/mol. The number of nitrogens with zero attached hydrogens (tertiary/aromatic N) is 4. The molecule has 1 heterocycles. The zero-order chi connectivity index (χ0) is 17.0. The largest absolute Gasteiger partial charge is 0.357 e. The summed E-state index contributed by atoms with van der Waals surface area (Å²) in [7, 11) is 0. The summed E-state index contributed by atoms with van der Waals surface area (Å²) in [5.74, 6) is -0.0861. The van der Waals surface area contributed by atoms with Gasteiger partial charge in [-0.25, -0.2) is 0 Å². The molecule has 1 amide bonds. The lowest BCUT2D eigenvalue weighted by molar-refractivity contribution is -0.393. The summed E-state index contributed by atoms with van der Waals surface area (Å²) in [6.07, 6.45) is 1.54. The second-order valence-electron chi connectivity index (χ2n) is 5.34. The van der Waals surface area contributed by atoms with Gasteiger partial charge in [-0.3, -0.25) is 25.0 Å². The first kappa shape index (κ1) is 16.7. The van der Waals surface area contributed by atoms with Crippen molar-refractivity contribution in [1.29, 1.82) is 0 Å². The maximum Gasteiger partial charge on any atom is 0.299 e. The molecule has 1 fully saturated rings. The minimum atomic E-state index is -0.673. The number of anilines is 1. The number of hydrogen-bond acceptors (Lipinski definition) is 6. The topological polar surface area (TPSA) is 110 Å². The summed E-state index contributed by atoms with van der Waals surface area (Å²) in [6.45, 7) is 3.79. The van der Waals surface area contributed by atoms with E-state index in [1.54, 1.807) is 9.80 Å². The van der Waals surface area contributed by atoms with Crippen LogP contribution in [-0.2, 0) is 4.79 Å². The third kappa shape index (κ3) is 3.74. The second-order valence-corrected chi connectivity index (χ2v) is 5.34. The van der Waals surface area contributed by atoms with Gasteiger partial charge in [0.1, 0.15) is 5.69 Å². The van der Waals surface area contributed by atoms with Crippen molar-refractivity contribution in [2.24, 2.45) is 0 Å². The highest BCUT2D eigenvalue weighted by atomic mass is 16.6. The summed E-state index contributed by atoms with van der Waals surface area (Å²) in [6, 6.07) is 3.51. The Morgan fingerprint density at radius 3 is 2.52 bits per heavy atom. The van der Waals surface area contributed by atoms with Crippen LogP contribution in [0.4, 0.5) is 17.1 Å². The lowest BCUT2D eigenvalue weighted by atomic mass is 10.2. The molecule has 1 aliphatic heterocycles. The third-order valence-corrected chi connectivity index (χ3v) is 3.74. The molecule has 1 aromatic carbocycles. The molecule has 9 heteroatoms. The molecule has 9 nitrogen and oxygen atoms in total. The molecule has 23 heavy (non-hydrogen) atoms. The molecule has 0 aliphatic carbocycles. The van der Waals surface area contributed by atoms with Crippen LogP contribution in [0.25, 0.3) is 0 Å². The number of hydrogen-bond donors (Lipinski definition) is 0. The van der Waals surface area contributed by atoms with Crippen LogP contribution in [-0.4, -0.2) is 46.8 Å². The summed E-state index contributed by atoms with van der Waals surface area (Å²) < 4.78 is 0. The third-order valence-electron chi connectivity index (χ3n) is 3.74. The Labute approximate surface area is 132 Å². The predicted octanol–water partition coefficient (Wildman–Crippen LogP) is 1.95. The molecule has 0 bridgehead atoms. The van der Waals surface area contributed by atoms with Crippen LogP contribution in [0.3, 0.4) is 0 Å². The highest BCUT2D eigenvalue weighted by Gasteiger charge is 2.27. The molecule has 2 rings (SSSR count). The van der Waals surface area contributed by atoms with E-state index in [1.165, 1.54) is 12.1 Å². The Morgan fingerprint density at radius 2 is 1.91 bits per heavy atom. The minimum Gasteiger partial charge on any atom is -0.357 e. The molecule has 0 aromatic heterocycles. The standard InChI is InChI=1S/C14H18N4O5/c1-2-6-15-7-3-8-16(10-14(15)19)12-5-4-11(17(20)21)9-13(12)18(22)23/h4-5,9H,2-3,6-8,10H2,1H3. The van der Waals surface area contributed by atoms with Gasteiger partial charge in [0, 0.05) is 25.7 Å². The molecule has 1 saturated heterocycles. The Kier molecular flexibility index (Phi) is 5.09. The van der Waals surface area contributed by atoms with E-state index in [1.807, 2.05) is 6.92 Å². The van der Waals surface area contributed by atoms with E-state index in [2.05, 4.69) is 0 Å². The predicted molar refractivity (Wildman–Crippen MR) is 83.5 cm³/mol. The maximum absolute atomic E-state index is 12.3. The average molecular weight is 322 g/mol. The van der Waals surface area contributed by atoms with Gasteiger partial charge in [0.2, 0.25) is 5.91 Å². The zero-order valence-corrected chi connectivity index (χ0v) is 12.8. The van der Waals surface area contributed by atoms with Gasteiger partial charge in [-0.2, -0.15) is 0 Å². The van der Waals surface area contributed by atoms with Crippen LogP contribution in [0.1, 0.15) is 19.8 Å². The SMILES string of the molecule is CCCN1CCCN(c2ccc([N+](=O)[O-])cc2[N+](=O)[O-])CC1=O. The number of rotatable bonds is 5. The lowest BCUT2D eigenvalue weighted by Crippen LogP contribution is -2.37. The summed E-state index contributed by atoms with van der Waals surface area (Å²) in [5, 5.41) is 22.0. The number of benzene rings is 1. The normalized spacial score (nSPS) is 15.4. The molecule has 0 saturated carbocycles. The van der Waals surface area contributed by atoms with Crippen molar-refractivity contribution in [3.63, 3.8) is 0 Å². The van der Waals surface area contributed by atoms with E-state index < -0.39 is 9.85 Å². The first-order valence-electron chi connectivity index (χ1n) is 7.39. The molecule has 124 valence electrons. The van der Waals surface area contributed by atoms with Crippen molar-refractivity contribution < 1.29 is 14.6 Å². The number of carbonyl (C=O) groups is 1. The van der Waals surface area contributed by atoms with E-state index in [0.717, 1.165) is 12.5 Å². The van der Waals surface area contributed by atoms with Gasteiger partial charge in [0.25, 0.3) is 11.4 Å². The van der Waals surface area contributed by atoms with Crippen LogP contribution in [0.2, 0.25) is 0 Å². The number of nitro benzene ring substituents is 2. The van der Waals surface area contributed by atoms with E-state index in [9.17, 15) is 25.0 Å². The van der Waals surface area contributed by atoms with Crippen molar-refractivity contribution in [1.82, 2.24) is 4.90 Å². The molecular formula is C14H18N4O5. The molecule has 0 radical (unpaired) electrons. The van der Waals surface area contributed by atoms with Gasteiger partial charge in [-0.05, 0) is 18.9 Å². The number of amides is 1. The lowest BCUT2D eigenvalue weighted by Gasteiger charge is -2.22. The Morgan fingerprint density at radius 1 is 1.17 bits per heavy atom. The molecule has 0 spiro atoms. The Bertz CT molecular complexity index is 634. The van der Waals surface area contributed by atoms with Gasteiger partial charge >= 0.3 is 0 Å². The van der Waals surface area contributed by atoms with Crippen molar-refractivity contribution >= 4 is 23.0 Å². The fourth-order valence-electron chi connectivity index (χ4n) is 2.67. The summed E-state index contributed by atoms with van der Waals surface area (Å²) in [4.78, 5) is 36.3. The second kappa shape index (κ2) is 7.03. The smallest absolute Gasteiger partial charge is 0.299 e. The van der Waals surface area contributed by atoms with Crippen LogP contribution < -0.4 is 4.90 Å². The van der Waals surface area contributed by atoms with Gasteiger partial charge < -0.3 is 9.80 Å². The molecule has 0 unspecified atom stereocenters. The zero-order valence-electron chi connectivity index (χ0n) is 12.8. The van der Waals surface area contributed by atoms with Crippen molar-refractivity contribution in [2.75, 3.05) is 31.1 Å². The highest BCUT2D eigenvalue weighted by Crippen LogP contribution is 2.32. The molecule has 1 aromatic rings. The first-order valence-corrected chi connectivity index (χ1v) is 7.39. The highest BCUT2D eigenvalue weighted by molar-refractivity contribution is 5.83. The Hall–Kier alpha value is -2.71. The van der Waals surface area contributed by atoms with Crippen molar-refractivity contribution in [3.05, 3.63) is 38.4 Å². The van der Waals surface area contributed by atoms with Crippen LogP contribution in [0.15, 0.2) is 18.2 Å². The molecule has 1 aliphatic rings. The van der Waals surface area contributed by atoms with E-state index >= 15 is 0 Å². The quantitative estimate of drug-likeness (QED) is 0.605. The minimum absolute atomic E-state index is 0.0403. The number of non-ortho nitro benzene ring substituents is 1. The molecular weight excluding hydrogens is 304 g/mol. The van der Waals surface area contributed by atoms with E-state index in [0.29, 0.717) is 26.1 Å². The Balaban J connectivity index is 2.32. The van der Waals surface area contributed by atoms with Crippen LogP contribution >= 0.6 is 0 Å².